The first-order chi connectivity index (χ1) is 9.08. The molecule has 1 saturated heterocycles. The molecule has 2 rings (SSSR count). The number of benzene rings is 1. The van der Waals surface area contributed by atoms with Crippen LogP contribution in [0.25, 0.3) is 0 Å². The topological polar surface area (TPSA) is 92.9 Å². The minimum Gasteiger partial charge on any atom is -0.494 e. The molecular formula is C12H14N2O5. The van der Waals surface area contributed by atoms with E-state index in [0.717, 1.165) is 0 Å². The number of amides is 1. The van der Waals surface area contributed by atoms with E-state index >= 15 is 0 Å². The summed E-state index contributed by atoms with van der Waals surface area (Å²) in [6.07, 6.45) is 0.186. The summed E-state index contributed by atoms with van der Waals surface area (Å²) in [5.74, 6) is -0.162. The fraction of sp³-hybridized carbons (Fsp3) is 0.417. The highest BCUT2D eigenvalue weighted by Gasteiger charge is 2.35. The van der Waals surface area contributed by atoms with Gasteiger partial charge in [0.2, 0.25) is 5.91 Å². The molecule has 1 aromatic carbocycles. The van der Waals surface area contributed by atoms with Crippen molar-refractivity contribution in [1.29, 1.82) is 0 Å². The van der Waals surface area contributed by atoms with Gasteiger partial charge in [0.1, 0.15) is 5.75 Å². The van der Waals surface area contributed by atoms with Crippen molar-refractivity contribution in [2.24, 2.45) is 5.92 Å². The summed E-state index contributed by atoms with van der Waals surface area (Å²) < 4.78 is 5.10. The smallest absolute Gasteiger partial charge is 0.296 e. The lowest BCUT2D eigenvalue weighted by atomic mass is 10.1. The first-order valence-electron chi connectivity index (χ1n) is 5.81. The third-order valence-electron chi connectivity index (χ3n) is 3.13. The molecule has 1 unspecified atom stereocenters. The molecule has 1 fully saturated rings. The van der Waals surface area contributed by atoms with Crippen LogP contribution in [0.2, 0.25) is 0 Å². The number of ether oxygens (including phenoxy) is 1. The zero-order valence-corrected chi connectivity index (χ0v) is 10.4. The molecule has 1 amide bonds. The zero-order chi connectivity index (χ0) is 14.0. The van der Waals surface area contributed by atoms with Crippen LogP contribution in [0.3, 0.4) is 0 Å². The molecule has 0 spiro atoms. The molecule has 0 aromatic heterocycles. The number of nitro benzene ring substituents is 1. The van der Waals surface area contributed by atoms with Gasteiger partial charge in [-0.1, -0.05) is 6.07 Å². The average Bonchev–Trinajstić information content (AvgIpc) is 2.78. The monoisotopic (exact) mass is 266 g/mol. The van der Waals surface area contributed by atoms with Gasteiger partial charge in [0.15, 0.2) is 5.69 Å². The van der Waals surface area contributed by atoms with Crippen molar-refractivity contribution in [3.8, 4) is 5.75 Å². The molecule has 102 valence electrons. The van der Waals surface area contributed by atoms with Gasteiger partial charge in [-0.05, 0) is 6.07 Å². The molecule has 1 atom stereocenters. The van der Waals surface area contributed by atoms with Crippen LogP contribution in [0.15, 0.2) is 18.2 Å². The van der Waals surface area contributed by atoms with Crippen LogP contribution in [-0.4, -0.2) is 36.2 Å². The Morgan fingerprint density at radius 1 is 1.58 bits per heavy atom. The molecule has 1 aliphatic heterocycles. The van der Waals surface area contributed by atoms with E-state index < -0.39 is 4.92 Å². The Bertz CT molecular complexity index is 517. The fourth-order valence-corrected chi connectivity index (χ4v) is 2.21. The van der Waals surface area contributed by atoms with Crippen LogP contribution >= 0.6 is 0 Å². The van der Waals surface area contributed by atoms with Gasteiger partial charge in [-0.2, -0.15) is 0 Å². The summed E-state index contributed by atoms with van der Waals surface area (Å²) in [5, 5.41) is 20.2. The number of hydrogen-bond donors (Lipinski definition) is 1. The van der Waals surface area contributed by atoms with Gasteiger partial charge < -0.3 is 14.7 Å². The van der Waals surface area contributed by atoms with Crippen molar-refractivity contribution in [2.45, 2.75) is 6.42 Å². The second-order valence-corrected chi connectivity index (χ2v) is 4.34. The van der Waals surface area contributed by atoms with Crippen LogP contribution < -0.4 is 9.64 Å². The predicted octanol–water partition coefficient (Wildman–Crippen LogP) is 0.949. The van der Waals surface area contributed by atoms with Gasteiger partial charge in [-0.15, -0.1) is 0 Å². The molecule has 1 aliphatic rings. The summed E-state index contributed by atoms with van der Waals surface area (Å²) in [5.41, 5.74) is -0.0118. The number of hydrogen-bond acceptors (Lipinski definition) is 5. The van der Waals surface area contributed by atoms with E-state index in [9.17, 15) is 14.9 Å². The fourth-order valence-electron chi connectivity index (χ4n) is 2.21. The molecule has 19 heavy (non-hydrogen) atoms. The van der Waals surface area contributed by atoms with Crippen molar-refractivity contribution >= 4 is 17.3 Å². The zero-order valence-electron chi connectivity index (χ0n) is 10.4. The lowest BCUT2D eigenvalue weighted by molar-refractivity contribution is -0.384. The Kier molecular flexibility index (Phi) is 3.66. The summed E-state index contributed by atoms with van der Waals surface area (Å²) >= 11 is 0. The second-order valence-electron chi connectivity index (χ2n) is 4.34. The number of carbonyl (C=O) groups is 1. The standard InChI is InChI=1S/C12H14N2O5/c1-19-10-4-2-3-9(14(17)18)12(10)13-6-8(7-15)5-11(13)16/h2-4,8,15H,5-7H2,1H3. The number of carbonyl (C=O) groups excluding carboxylic acids is 1. The van der Waals surface area contributed by atoms with Crippen molar-refractivity contribution in [3.05, 3.63) is 28.3 Å². The van der Waals surface area contributed by atoms with E-state index in [1.54, 1.807) is 6.07 Å². The average molecular weight is 266 g/mol. The van der Waals surface area contributed by atoms with Gasteiger partial charge in [0.25, 0.3) is 5.69 Å². The van der Waals surface area contributed by atoms with Crippen molar-refractivity contribution in [3.63, 3.8) is 0 Å². The Morgan fingerprint density at radius 3 is 2.84 bits per heavy atom. The summed E-state index contributed by atoms with van der Waals surface area (Å²) in [6.45, 7) is 0.141. The Labute approximate surface area is 109 Å². The van der Waals surface area contributed by atoms with E-state index in [4.69, 9.17) is 9.84 Å². The number of nitrogens with zero attached hydrogens (tertiary/aromatic N) is 2. The van der Waals surface area contributed by atoms with E-state index in [-0.39, 0.29) is 48.5 Å². The van der Waals surface area contributed by atoms with Gasteiger partial charge in [-0.3, -0.25) is 14.9 Å². The lowest BCUT2D eigenvalue weighted by Gasteiger charge is -2.19. The van der Waals surface area contributed by atoms with Crippen LogP contribution in [0, 0.1) is 16.0 Å². The Hall–Kier alpha value is -2.15. The number of anilines is 1. The highest BCUT2D eigenvalue weighted by Crippen LogP contribution is 2.40. The number of aliphatic hydroxyl groups excluding tert-OH is 1. The maximum absolute atomic E-state index is 11.9. The number of methoxy groups -OCH3 is 1. The maximum atomic E-state index is 11.9. The van der Waals surface area contributed by atoms with Gasteiger partial charge in [0.05, 0.1) is 12.0 Å². The van der Waals surface area contributed by atoms with Crippen LogP contribution in [0.1, 0.15) is 6.42 Å². The maximum Gasteiger partial charge on any atom is 0.296 e. The number of para-hydroxylation sites is 1. The summed E-state index contributed by atoms with van der Waals surface area (Å²) in [6, 6.07) is 4.41. The Balaban J connectivity index is 2.48. The first-order valence-corrected chi connectivity index (χ1v) is 5.81. The largest absolute Gasteiger partial charge is 0.494 e. The predicted molar refractivity (Wildman–Crippen MR) is 67.2 cm³/mol. The number of rotatable bonds is 4. The van der Waals surface area contributed by atoms with Crippen molar-refractivity contribution in [1.82, 2.24) is 0 Å². The Morgan fingerprint density at radius 2 is 2.32 bits per heavy atom. The normalized spacial score (nSPS) is 18.7. The van der Waals surface area contributed by atoms with E-state index in [0.29, 0.717) is 0 Å². The van der Waals surface area contributed by atoms with Gasteiger partial charge in [-0.25, -0.2) is 0 Å². The third-order valence-corrected chi connectivity index (χ3v) is 3.13. The van der Waals surface area contributed by atoms with Crippen molar-refractivity contribution in [2.75, 3.05) is 25.2 Å². The molecule has 1 N–H and O–H groups in total. The van der Waals surface area contributed by atoms with Crippen molar-refractivity contribution < 1.29 is 19.6 Å². The number of aliphatic hydroxyl groups is 1. The highest BCUT2D eigenvalue weighted by atomic mass is 16.6. The molecule has 1 heterocycles. The number of nitro groups is 1. The molecule has 7 heteroatoms. The quantitative estimate of drug-likeness (QED) is 0.647. The van der Waals surface area contributed by atoms with Crippen LogP contribution in [0.5, 0.6) is 5.75 Å². The van der Waals surface area contributed by atoms with E-state index in [1.807, 2.05) is 0 Å². The van der Waals surface area contributed by atoms with Crippen LogP contribution in [0.4, 0.5) is 11.4 Å². The molecular weight excluding hydrogens is 252 g/mol. The van der Waals surface area contributed by atoms with Gasteiger partial charge >= 0.3 is 0 Å². The van der Waals surface area contributed by atoms with E-state index in [2.05, 4.69) is 0 Å². The van der Waals surface area contributed by atoms with E-state index in [1.165, 1.54) is 24.1 Å². The summed E-state index contributed by atoms with van der Waals surface area (Å²) in [7, 11) is 1.40. The SMILES string of the molecule is COc1cccc([N+](=O)[O-])c1N1CC(CO)CC1=O. The van der Waals surface area contributed by atoms with Crippen LogP contribution in [-0.2, 0) is 4.79 Å². The minimum atomic E-state index is -0.544. The molecule has 0 aliphatic carbocycles. The minimum absolute atomic E-state index is 0.120. The highest BCUT2D eigenvalue weighted by molar-refractivity contribution is 5.99. The summed E-state index contributed by atoms with van der Waals surface area (Å²) in [4.78, 5) is 23.8. The lowest BCUT2D eigenvalue weighted by Crippen LogP contribution is -2.26. The molecule has 7 nitrogen and oxygen atoms in total. The molecule has 0 bridgehead atoms. The first kappa shape index (κ1) is 13.3. The van der Waals surface area contributed by atoms with Gasteiger partial charge in [0, 0.05) is 31.6 Å². The second kappa shape index (κ2) is 5.23. The molecule has 0 saturated carbocycles. The molecule has 0 radical (unpaired) electrons. The third kappa shape index (κ3) is 2.37. The molecule has 1 aromatic rings.